The predicted molar refractivity (Wildman–Crippen MR) is 43.2 cm³/mol. The molecule has 2 unspecified atom stereocenters. The van der Waals surface area contributed by atoms with Crippen molar-refractivity contribution in [1.29, 1.82) is 0 Å². The topological polar surface area (TPSA) is 0 Å². The van der Waals surface area contributed by atoms with E-state index < -0.39 is 0 Å². The fourth-order valence-electron chi connectivity index (χ4n) is 1.70. The third-order valence-corrected chi connectivity index (χ3v) is 3.49. The van der Waals surface area contributed by atoms with Crippen LogP contribution in [-0.2, 0) is 0 Å². The van der Waals surface area contributed by atoms with Gasteiger partial charge in [-0.05, 0) is 25.2 Å². The summed E-state index contributed by atoms with van der Waals surface area (Å²) in [5, 5.41) is 0. The van der Waals surface area contributed by atoms with Crippen LogP contribution in [0.1, 0.15) is 19.3 Å². The van der Waals surface area contributed by atoms with E-state index in [1.165, 1.54) is 19.3 Å². The second-order valence-corrected chi connectivity index (χ2v) is 4.29. The Morgan fingerprint density at radius 1 is 1.62 bits per heavy atom. The maximum absolute atomic E-state index is 2.56. The Morgan fingerprint density at radius 2 is 2.50 bits per heavy atom. The molecule has 2 rings (SSSR count). The van der Waals surface area contributed by atoms with Gasteiger partial charge in [-0.15, -0.1) is 0 Å². The first-order valence-electron chi connectivity index (χ1n) is 3.19. The van der Waals surface area contributed by atoms with Crippen molar-refractivity contribution < 1.29 is 0 Å². The number of alkyl halides is 1. The largest absolute Gasteiger partial charge is 0.0840 e. The quantitative estimate of drug-likeness (QED) is 0.334. The molecule has 0 amide bonds. The van der Waals surface area contributed by atoms with Crippen LogP contribution < -0.4 is 0 Å². The van der Waals surface area contributed by atoms with Crippen LogP contribution in [-0.4, -0.2) is 3.92 Å². The molecule has 0 aromatic carbocycles. The normalized spacial score (nSPS) is 42.9. The van der Waals surface area contributed by atoms with E-state index in [1.807, 2.05) is 0 Å². The van der Waals surface area contributed by atoms with Crippen LogP contribution >= 0.6 is 22.6 Å². The highest BCUT2D eigenvalue weighted by Crippen LogP contribution is 2.43. The summed E-state index contributed by atoms with van der Waals surface area (Å²) in [5.41, 5.74) is 1.73. The third-order valence-electron chi connectivity index (χ3n) is 2.18. The van der Waals surface area contributed by atoms with Crippen molar-refractivity contribution in [2.75, 3.05) is 0 Å². The molecule has 0 N–H and O–H groups in total. The highest BCUT2D eigenvalue weighted by molar-refractivity contribution is 14.1. The van der Waals surface area contributed by atoms with Gasteiger partial charge in [-0.3, -0.25) is 0 Å². The van der Waals surface area contributed by atoms with Gasteiger partial charge in [-0.25, -0.2) is 0 Å². The van der Waals surface area contributed by atoms with Gasteiger partial charge in [0.15, 0.2) is 0 Å². The predicted octanol–water partition coefficient (Wildman–Crippen LogP) is 2.53. The van der Waals surface area contributed by atoms with Crippen LogP contribution in [0.3, 0.4) is 0 Å². The average Bonchev–Trinajstić information content (AvgIpc) is 2.23. The minimum atomic E-state index is 0.909. The lowest BCUT2D eigenvalue weighted by molar-refractivity contribution is 0.584. The monoisotopic (exact) mass is 220 g/mol. The van der Waals surface area contributed by atoms with E-state index in [0.717, 1.165) is 9.84 Å². The van der Waals surface area contributed by atoms with E-state index in [-0.39, 0.29) is 0 Å². The third kappa shape index (κ3) is 0.634. The maximum atomic E-state index is 2.56. The SMILES string of the molecule is IC1CC2CC=C1C2. The summed E-state index contributed by atoms with van der Waals surface area (Å²) in [5.74, 6) is 1.05. The Labute approximate surface area is 63.5 Å². The first-order chi connectivity index (χ1) is 3.86. The van der Waals surface area contributed by atoms with Gasteiger partial charge in [0.2, 0.25) is 0 Å². The molecule has 0 spiro atoms. The molecular weight excluding hydrogens is 211 g/mol. The summed E-state index contributed by atoms with van der Waals surface area (Å²) in [7, 11) is 0. The Bertz CT molecular complexity index is 137. The molecule has 0 heterocycles. The molecule has 0 aromatic heterocycles. The van der Waals surface area contributed by atoms with E-state index in [0.29, 0.717) is 0 Å². The maximum Gasteiger partial charge on any atom is 0.0321 e. The van der Waals surface area contributed by atoms with Crippen molar-refractivity contribution in [2.24, 2.45) is 5.92 Å². The number of rotatable bonds is 0. The molecule has 1 heteroatoms. The van der Waals surface area contributed by atoms with Crippen molar-refractivity contribution in [3.8, 4) is 0 Å². The van der Waals surface area contributed by atoms with Crippen molar-refractivity contribution >= 4 is 22.6 Å². The molecule has 0 saturated heterocycles. The first kappa shape index (κ1) is 5.27. The van der Waals surface area contributed by atoms with E-state index >= 15 is 0 Å². The molecule has 0 nitrogen and oxygen atoms in total. The zero-order chi connectivity index (χ0) is 5.56. The van der Waals surface area contributed by atoms with E-state index in [1.54, 1.807) is 5.57 Å². The highest BCUT2D eigenvalue weighted by Gasteiger charge is 2.30. The minimum absolute atomic E-state index is 0.909. The Balaban J connectivity index is 2.28. The molecule has 0 radical (unpaired) electrons. The summed E-state index contributed by atoms with van der Waals surface area (Å²) >= 11 is 2.56. The summed E-state index contributed by atoms with van der Waals surface area (Å²) in [6, 6.07) is 0. The summed E-state index contributed by atoms with van der Waals surface area (Å²) in [4.78, 5) is 0. The van der Waals surface area contributed by atoms with E-state index in [9.17, 15) is 0 Å². The Morgan fingerprint density at radius 3 is 2.75 bits per heavy atom. The van der Waals surface area contributed by atoms with Gasteiger partial charge in [0, 0.05) is 3.92 Å². The lowest BCUT2D eigenvalue weighted by atomic mass is 10.1. The average molecular weight is 220 g/mol. The van der Waals surface area contributed by atoms with Crippen molar-refractivity contribution in [3.05, 3.63) is 11.6 Å². The number of hydrogen-bond donors (Lipinski definition) is 0. The fourth-order valence-corrected chi connectivity index (χ4v) is 2.93. The zero-order valence-electron chi connectivity index (χ0n) is 4.73. The van der Waals surface area contributed by atoms with Crippen molar-refractivity contribution in [3.63, 3.8) is 0 Å². The van der Waals surface area contributed by atoms with Crippen molar-refractivity contribution in [1.82, 2.24) is 0 Å². The van der Waals surface area contributed by atoms with Gasteiger partial charge in [-0.2, -0.15) is 0 Å². The smallest absolute Gasteiger partial charge is 0.0321 e. The summed E-state index contributed by atoms with van der Waals surface area (Å²) < 4.78 is 0.909. The molecule has 2 bridgehead atoms. The Kier molecular flexibility index (Phi) is 1.14. The fraction of sp³-hybridized carbons (Fsp3) is 0.714. The van der Waals surface area contributed by atoms with Crippen LogP contribution in [0.2, 0.25) is 0 Å². The number of halogens is 1. The van der Waals surface area contributed by atoms with Gasteiger partial charge in [-0.1, -0.05) is 34.2 Å². The molecule has 44 valence electrons. The summed E-state index contributed by atoms with van der Waals surface area (Å²) in [6.45, 7) is 0. The molecule has 1 fully saturated rings. The molecule has 2 aliphatic rings. The highest BCUT2D eigenvalue weighted by atomic mass is 127. The molecule has 0 aliphatic heterocycles. The van der Waals surface area contributed by atoms with Gasteiger partial charge in [0.05, 0.1) is 0 Å². The molecular formula is C7H9I. The molecule has 2 atom stereocenters. The van der Waals surface area contributed by atoms with Crippen LogP contribution in [0.25, 0.3) is 0 Å². The molecule has 0 aromatic rings. The lowest BCUT2D eigenvalue weighted by Gasteiger charge is -2.06. The second kappa shape index (κ2) is 1.72. The van der Waals surface area contributed by atoms with E-state index in [4.69, 9.17) is 0 Å². The zero-order valence-corrected chi connectivity index (χ0v) is 6.89. The van der Waals surface area contributed by atoms with Gasteiger partial charge in [0.1, 0.15) is 0 Å². The second-order valence-electron chi connectivity index (χ2n) is 2.79. The van der Waals surface area contributed by atoms with Gasteiger partial charge >= 0.3 is 0 Å². The van der Waals surface area contributed by atoms with Crippen LogP contribution in [0.4, 0.5) is 0 Å². The van der Waals surface area contributed by atoms with Gasteiger partial charge < -0.3 is 0 Å². The standard InChI is InChI=1S/C7H9I/c8-7-4-5-1-2-6(7)3-5/h2,5,7H,1,3-4H2. The molecule has 2 aliphatic carbocycles. The van der Waals surface area contributed by atoms with Crippen LogP contribution in [0, 0.1) is 5.92 Å². The first-order valence-corrected chi connectivity index (χ1v) is 4.44. The molecule has 8 heavy (non-hydrogen) atoms. The number of hydrogen-bond acceptors (Lipinski definition) is 0. The van der Waals surface area contributed by atoms with Crippen LogP contribution in [0.15, 0.2) is 11.6 Å². The number of fused-ring (bicyclic) bond motifs is 2. The number of allylic oxidation sites excluding steroid dienone is 2. The summed E-state index contributed by atoms with van der Waals surface area (Å²) in [6.07, 6.45) is 6.71. The van der Waals surface area contributed by atoms with E-state index in [2.05, 4.69) is 28.7 Å². The van der Waals surface area contributed by atoms with Crippen molar-refractivity contribution in [2.45, 2.75) is 23.2 Å². The van der Waals surface area contributed by atoms with Crippen LogP contribution in [0.5, 0.6) is 0 Å². The van der Waals surface area contributed by atoms with Gasteiger partial charge in [0.25, 0.3) is 0 Å². The molecule has 1 saturated carbocycles. The lowest BCUT2D eigenvalue weighted by Crippen LogP contribution is -1.97. The minimum Gasteiger partial charge on any atom is -0.0840 e. The Hall–Kier alpha value is 0.470.